The Labute approximate surface area is 221 Å². The summed E-state index contributed by atoms with van der Waals surface area (Å²) < 4.78 is 9.14. The van der Waals surface area contributed by atoms with Crippen molar-refractivity contribution in [2.45, 2.75) is 31.8 Å². The van der Waals surface area contributed by atoms with Crippen LogP contribution in [0.3, 0.4) is 0 Å². The minimum absolute atomic E-state index is 0.0191. The third kappa shape index (κ3) is 3.31. The predicted molar refractivity (Wildman–Crippen MR) is 139 cm³/mol. The van der Waals surface area contributed by atoms with Gasteiger partial charge in [0.2, 0.25) is 0 Å². The summed E-state index contributed by atoms with van der Waals surface area (Å²) in [4.78, 5) is 53.8. The molecule has 0 saturated heterocycles. The van der Waals surface area contributed by atoms with E-state index >= 15 is 0 Å². The van der Waals surface area contributed by atoms with Gasteiger partial charge < -0.3 is 9.84 Å². The molecule has 1 N–H and O–H groups in total. The van der Waals surface area contributed by atoms with Gasteiger partial charge in [-0.3, -0.25) is 9.59 Å². The number of rotatable bonds is 3. The maximum absolute atomic E-state index is 13.7. The van der Waals surface area contributed by atoms with E-state index in [1.165, 1.54) is 28.6 Å². The molecule has 192 valence electrons. The molecule has 0 radical (unpaired) electrons. The fourth-order valence-electron chi connectivity index (χ4n) is 5.75. The van der Waals surface area contributed by atoms with Crippen LogP contribution >= 0.6 is 11.6 Å². The molecule has 2 heterocycles. The molecule has 2 aromatic carbocycles. The molecule has 1 aromatic heterocycles. The minimum atomic E-state index is -0.743. The van der Waals surface area contributed by atoms with Gasteiger partial charge in [0.15, 0.2) is 23.1 Å². The number of aromatic nitrogens is 3. The third-order valence-electron chi connectivity index (χ3n) is 7.45. The van der Waals surface area contributed by atoms with Gasteiger partial charge in [0.05, 0.1) is 30.4 Å². The lowest BCUT2D eigenvalue weighted by Gasteiger charge is -2.39. The van der Waals surface area contributed by atoms with Crippen LogP contribution in [0.15, 0.2) is 86.5 Å². The van der Waals surface area contributed by atoms with Crippen molar-refractivity contribution in [1.29, 1.82) is 0 Å². The number of carbonyl (C=O) groups is 2. The van der Waals surface area contributed by atoms with E-state index < -0.39 is 23.3 Å². The zero-order valence-electron chi connectivity index (χ0n) is 20.5. The number of ether oxygens (including phenoxy) is 1. The zero-order valence-corrected chi connectivity index (χ0v) is 21.2. The molecule has 6 rings (SSSR count). The molecule has 0 fully saturated rings. The van der Waals surface area contributed by atoms with E-state index in [0.717, 1.165) is 4.57 Å². The number of fused-ring (bicyclic) bond motifs is 3. The van der Waals surface area contributed by atoms with Crippen LogP contribution < -0.4 is 16.1 Å². The number of para-hydroxylation sites is 1. The van der Waals surface area contributed by atoms with Crippen molar-refractivity contribution in [2.75, 3.05) is 7.11 Å². The van der Waals surface area contributed by atoms with E-state index in [2.05, 4.69) is 0 Å². The molecule has 9 nitrogen and oxygen atoms in total. The first-order valence-corrected chi connectivity index (χ1v) is 12.4. The number of benzene rings is 2. The summed E-state index contributed by atoms with van der Waals surface area (Å²) in [5.41, 5.74) is 1.52. The van der Waals surface area contributed by atoms with E-state index in [-0.39, 0.29) is 41.1 Å². The monoisotopic (exact) mass is 531 g/mol. The number of hydrogen-bond acceptors (Lipinski definition) is 6. The van der Waals surface area contributed by atoms with Crippen LogP contribution in [0.1, 0.15) is 30.9 Å². The first kappa shape index (κ1) is 24.0. The summed E-state index contributed by atoms with van der Waals surface area (Å²) in [6.45, 7) is 1.68. The van der Waals surface area contributed by atoms with E-state index in [1.54, 1.807) is 43.3 Å². The van der Waals surface area contributed by atoms with Crippen molar-refractivity contribution in [3.8, 4) is 17.2 Å². The van der Waals surface area contributed by atoms with Crippen molar-refractivity contribution in [3.63, 3.8) is 0 Å². The predicted octanol–water partition coefficient (Wildman–Crippen LogP) is 3.23. The van der Waals surface area contributed by atoms with Gasteiger partial charge in [0.25, 0.3) is 0 Å². The van der Waals surface area contributed by atoms with Crippen molar-refractivity contribution in [2.24, 2.45) is 0 Å². The summed E-state index contributed by atoms with van der Waals surface area (Å²) in [5.74, 6) is -1.47. The van der Waals surface area contributed by atoms with E-state index in [4.69, 9.17) is 16.3 Å². The quantitative estimate of drug-likeness (QED) is 0.410. The second-order valence-electron chi connectivity index (χ2n) is 9.49. The van der Waals surface area contributed by atoms with Crippen LogP contribution in [0.4, 0.5) is 0 Å². The molecule has 0 unspecified atom stereocenters. The normalized spacial score (nSPS) is 20.4. The number of halogens is 1. The van der Waals surface area contributed by atoms with Gasteiger partial charge in [-0.1, -0.05) is 35.9 Å². The smallest absolute Gasteiger partial charge is 0.352 e. The van der Waals surface area contributed by atoms with Gasteiger partial charge in [-0.15, -0.1) is 0 Å². The van der Waals surface area contributed by atoms with Crippen molar-refractivity contribution >= 4 is 23.2 Å². The molecule has 0 bridgehead atoms. The highest BCUT2D eigenvalue weighted by atomic mass is 35.5. The molecular formula is C28H22ClN3O6. The average Bonchev–Trinajstić information content (AvgIpc) is 3.17. The van der Waals surface area contributed by atoms with Crippen molar-refractivity contribution < 1.29 is 19.4 Å². The minimum Gasteiger partial charge on any atom is -0.503 e. The van der Waals surface area contributed by atoms with Gasteiger partial charge in [-0.25, -0.2) is 23.5 Å². The molecule has 0 spiro atoms. The highest BCUT2D eigenvalue weighted by molar-refractivity contribution is 6.32. The standard InChI is InChI=1S/C28H22ClN3O6/c1-14-10-21(33)24-18(25(14)34)13-20-17(23(24)15-11-19(29)26(35)22(12-15)38-2)8-9-30-27(36)31(28(37)32(20)30)16-6-4-3-5-7-16/h3-8,10-12,20,23,35H,9,13H2,1-2H3/t20-,23+/m1/s1. The second kappa shape index (κ2) is 8.59. The highest BCUT2D eigenvalue weighted by Gasteiger charge is 2.45. The van der Waals surface area contributed by atoms with Gasteiger partial charge in [-0.05, 0) is 48.4 Å². The van der Waals surface area contributed by atoms with Gasteiger partial charge in [0, 0.05) is 29.1 Å². The number of methoxy groups -OCH3 is 1. The summed E-state index contributed by atoms with van der Waals surface area (Å²) in [6, 6.07) is 11.0. The molecule has 2 aliphatic carbocycles. The number of allylic oxidation sites excluding steroid dienone is 6. The Hall–Kier alpha value is -4.37. The summed E-state index contributed by atoms with van der Waals surface area (Å²) in [5, 5.41) is 10.3. The van der Waals surface area contributed by atoms with Crippen LogP contribution in [-0.2, 0) is 16.1 Å². The number of carbonyl (C=O) groups excluding carboxylic acids is 2. The summed E-state index contributed by atoms with van der Waals surface area (Å²) in [7, 11) is 1.38. The Balaban J connectivity index is 1.61. The van der Waals surface area contributed by atoms with E-state index in [0.29, 0.717) is 33.5 Å². The van der Waals surface area contributed by atoms with Crippen molar-refractivity contribution in [3.05, 3.63) is 108 Å². The Bertz CT molecular complexity index is 1770. The van der Waals surface area contributed by atoms with Crippen LogP contribution in [0, 0.1) is 0 Å². The fraction of sp³-hybridized carbons (Fsp3) is 0.214. The fourth-order valence-corrected chi connectivity index (χ4v) is 5.97. The van der Waals surface area contributed by atoms with E-state index in [1.807, 2.05) is 6.08 Å². The molecule has 38 heavy (non-hydrogen) atoms. The number of hydrogen-bond donors (Lipinski definition) is 1. The molecule has 10 heteroatoms. The van der Waals surface area contributed by atoms with E-state index in [9.17, 15) is 24.3 Å². The SMILES string of the molecule is COc1cc([C@H]2C3=CCn4c(=O)n(-c5ccccc5)c(=O)n4[C@@H]3CC3=C2C(=O)C=C(C)C3=O)cc(Cl)c1O. The van der Waals surface area contributed by atoms with Crippen molar-refractivity contribution in [1.82, 2.24) is 13.9 Å². The number of phenolic OH excluding ortho intramolecular Hbond substituents is 1. The molecule has 3 aromatic rings. The Kier molecular flexibility index (Phi) is 5.43. The molecule has 2 atom stereocenters. The molecule has 0 amide bonds. The van der Waals surface area contributed by atoms with Crippen LogP contribution in [0.25, 0.3) is 5.69 Å². The Morgan fingerprint density at radius 3 is 2.50 bits per heavy atom. The Morgan fingerprint density at radius 2 is 1.79 bits per heavy atom. The summed E-state index contributed by atoms with van der Waals surface area (Å²) >= 11 is 6.32. The Morgan fingerprint density at radius 1 is 1.05 bits per heavy atom. The molecule has 0 saturated carbocycles. The number of aromatic hydroxyl groups is 1. The molecule has 3 aliphatic rings. The number of phenols is 1. The maximum atomic E-state index is 13.7. The van der Waals surface area contributed by atoms with Gasteiger partial charge >= 0.3 is 11.4 Å². The number of nitrogens with zero attached hydrogens (tertiary/aromatic N) is 3. The van der Waals surface area contributed by atoms with Crippen LogP contribution in [0.5, 0.6) is 11.5 Å². The van der Waals surface area contributed by atoms with Crippen LogP contribution in [-0.4, -0.2) is 37.7 Å². The maximum Gasteiger partial charge on any atom is 0.352 e. The lowest BCUT2D eigenvalue weighted by Crippen LogP contribution is -2.40. The second-order valence-corrected chi connectivity index (χ2v) is 9.89. The summed E-state index contributed by atoms with van der Waals surface area (Å²) in [6.07, 6.45) is 3.23. The third-order valence-corrected chi connectivity index (χ3v) is 7.74. The lowest BCUT2D eigenvalue weighted by molar-refractivity contribution is -0.116. The molecular weight excluding hydrogens is 510 g/mol. The molecule has 1 aliphatic heterocycles. The first-order valence-electron chi connectivity index (χ1n) is 12.0. The first-order chi connectivity index (χ1) is 18.2. The average molecular weight is 532 g/mol. The van der Waals surface area contributed by atoms with Crippen LogP contribution in [0.2, 0.25) is 5.02 Å². The highest BCUT2D eigenvalue weighted by Crippen LogP contribution is 2.51. The zero-order chi connectivity index (χ0) is 26.9. The number of Topliss-reactive ketones (excluding diaryl/α,β-unsaturated/α-hetero) is 1. The van der Waals surface area contributed by atoms with Gasteiger partial charge in [-0.2, -0.15) is 0 Å². The largest absolute Gasteiger partial charge is 0.503 e. The lowest BCUT2D eigenvalue weighted by atomic mass is 9.68. The van der Waals surface area contributed by atoms with Gasteiger partial charge in [0.1, 0.15) is 0 Å². The number of ketones is 2. The topological polar surface area (TPSA) is 113 Å².